The summed E-state index contributed by atoms with van der Waals surface area (Å²) in [5.74, 6) is -0.799. The quantitative estimate of drug-likeness (QED) is 0.184. The number of carbonyl (C=O) groups excluding carboxylic acids is 3. The molecule has 1 aromatic carbocycles. The summed E-state index contributed by atoms with van der Waals surface area (Å²) in [4.78, 5) is 38.7. The van der Waals surface area contributed by atoms with Gasteiger partial charge in [-0.3, -0.25) is 9.59 Å². The molecule has 2 aliphatic rings. The minimum Gasteiger partial charge on any atom is -0.460 e. The predicted molar refractivity (Wildman–Crippen MR) is 159 cm³/mol. The fourth-order valence-electron chi connectivity index (χ4n) is 5.44. The van der Waals surface area contributed by atoms with E-state index in [1.54, 1.807) is 20.8 Å². The van der Waals surface area contributed by atoms with Gasteiger partial charge in [0.15, 0.2) is 0 Å². The summed E-state index contributed by atoms with van der Waals surface area (Å²) < 4.78 is 23.3. The van der Waals surface area contributed by atoms with E-state index < -0.39 is 35.7 Å². The van der Waals surface area contributed by atoms with Crippen molar-refractivity contribution >= 4 is 25.1 Å². The lowest BCUT2D eigenvalue weighted by Gasteiger charge is -2.32. The molecule has 10 nitrogen and oxygen atoms in total. The van der Waals surface area contributed by atoms with Gasteiger partial charge in [0.25, 0.3) is 0 Å². The Labute approximate surface area is 250 Å². The maximum Gasteiger partial charge on any atom is 0.457 e. The Morgan fingerprint density at radius 2 is 1.71 bits per heavy atom. The summed E-state index contributed by atoms with van der Waals surface area (Å²) in [5, 5.41) is 15.1. The zero-order valence-corrected chi connectivity index (χ0v) is 26.3. The molecular weight excluding hydrogens is 539 g/mol. The first-order valence-corrected chi connectivity index (χ1v) is 15.0. The van der Waals surface area contributed by atoms with Crippen LogP contribution in [-0.2, 0) is 35.0 Å². The van der Waals surface area contributed by atoms with Gasteiger partial charge in [-0.1, -0.05) is 43.2 Å². The van der Waals surface area contributed by atoms with E-state index >= 15 is 0 Å². The number of aliphatic hydroxyl groups is 1. The molecule has 0 spiro atoms. The third-order valence-corrected chi connectivity index (χ3v) is 8.44. The van der Waals surface area contributed by atoms with Gasteiger partial charge in [0, 0.05) is 6.04 Å². The number of unbranched alkanes of at least 4 members (excludes halogenated alkanes) is 1. The van der Waals surface area contributed by atoms with Crippen LogP contribution in [0.3, 0.4) is 0 Å². The number of aliphatic hydroxyl groups excluding tert-OH is 1. The Balaban J connectivity index is 1.61. The number of ether oxygens (including phenoxy) is 2. The van der Waals surface area contributed by atoms with Crippen molar-refractivity contribution in [3.63, 3.8) is 0 Å². The van der Waals surface area contributed by atoms with Gasteiger partial charge in [-0.2, -0.15) is 0 Å². The van der Waals surface area contributed by atoms with Crippen molar-refractivity contribution in [2.75, 3.05) is 6.61 Å². The molecule has 3 rings (SSSR count). The SMILES string of the molecule is CC(C)(C)OC(=O)N[C@@H](CO)C(=O)N[C@H]1CC[C@@](CCCCB2OC(C)(C)C(C)(C)O2)(C(=O)OCc2ccccc2)C1. The van der Waals surface area contributed by atoms with E-state index in [0.717, 1.165) is 24.7 Å². The van der Waals surface area contributed by atoms with E-state index in [1.165, 1.54) is 0 Å². The van der Waals surface area contributed by atoms with Crippen LogP contribution in [0.15, 0.2) is 30.3 Å². The van der Waals surface area contributed by atoms with Gasteiger partial charge >= 0.3 is 19.2 Å². The minimum absolute atomic E-state index is 0.179. The number of carbonyl (C=O) groups is 3. The second kappa shape index (κ2) is 13.8. The summed E-state index contributed by atoms with van der Waals surface area (Å²) in [6.45, 7) is 12.9. The van der Waals surface area contributed by atoms with Crippen LogP contribution < -0.4 is 10.6 Å². The molecule has 11 heteroatoms. The van der Waals surface area contributed by atoms with Crippen molar-refractivity contribution in [3.8, 4) is 0 Å². The molecule has 0 aromatic heterocycles. The Morgan fingerprint density at radius 1 is 1.07 bits per heavy atom. The highest BCUT2D eigenvalue weighted by Crippen LogP contribution is 2.44. The number of esters is 1. The first kappa shape index (κ1) is 33.9. The molecule has 0 unspecified atom stereocenters. The van der Waals surface area contributed by atoms with Crippen molar-refractivity contribution in [1.29, 1.82) is 0 Å². The fraction of sp³-hybridized carbons (Fsp3) is 0.710. The lowest BCUT2D eigenvalue weighted by Crippen LogP contribution is -2.52. The van der Waals surface area contributed by atoms with E-state index in [0.29, 0.717) is 25.7 Å². The normalized spacial score (nSPS) is 23.7. The third kappa shape index (κ3) is 9.19. The number of benzene rings is 1. The number of hydrogen-bond donors (Lipinski definition) is 3. The summed E-state index contributed by atoms with van der Waals surface area (Å²) in [6, 6.07) is 8.06. The molecule has 2 fully saturated rings. The van der Waals surface area contributed by atoms with Crippen LogP contribution in [0, 0.1) is 5.41 Å². The number of rotatable bonds is 12. The maximum atomic E-state index is 13.6. The van der Waals surface area contributed by atoms with E-state index in [2.05, 4.69) is 10.6 Å². The molecule has 0 radical (unpaired) electrons. The van der Waals surface area contributed by atoms with Crippen LogP contribution in [0.1, 0.15) is 92.6 Å². The standard InChI is InChI=1S/C31H49BN2O8/c1-28(2,3)40-27(38)34-24(20-35)25(36)33-23-15-17-31(19-23,26(37)39-21-22-13-9-8-10-14-22)16-11-12-18-32-41-29(4,5)30(6,7)42-32/h8-10,13-14,23-24,35H,11-12,15-21H2,1-7H3,(H,33,36)(H,34,38)/t23-,24-,31+/m0/s1. The molecule has 1 aromatic rings. The Bertz CT molecular complexity index is 1060. The zero-order chi connectivity index (χ0) is 31.2. The van der Waals surface area contributed by atoms with Gasteiger partial charge in [-0.25, -0.2) is 4.79 Å². The summed E-state index contributed by atoms with van der Waals surface area (Å²) in [6.07, 6.45) is 3.66. The van der Waals surface area contributed by atoms with Crippen molar-refractivity contribution in [2.24, 2.45) is 5.41 Å². The zero-order valence-electron chi connectivity index (χ0n) is 26.3. The van der Waals surface area contributed by atoms with Crippen LogP contribution >= 0.6 is 0 Å². The number of amides is 2. The minimum atomic E-state index is -1.17. The van der Waals surface area contributed by atoms with Crippen molar-refractivity contribution in [1.82, 2.24) is 10.6 Å². The van der Waals surface area contributed by atoms with Crippen LogP contribution in [0.2, 0.25) is 6.32 Å². The molecule has 1 aliphatic carbocycles. The highest BCUT2D eigenvalue weighted by atomic mass is 16.7. The molecule has 1 heterocycles. The van der Waals surface area contributed by atoms with Crippen LogP contribution in [0.5, 0.6) is 0 Å². The summed E-state index contributed by atoms with van der Waals surface area (Å²) >= 11 is 0. The van der Waals surface area contributed by atoms with Gasteiger partial charge in [0.05, 0.1) is 23.2 Å². The summed E-state index contributed by atoms with van der Waals surface area (Å²) in [5.41, 5.74) is -1.36. The number of nitrogens with one attached hydrogen (secondary N) is 2. The Morgan fingerprint density at radius 3 is 2.31 bits per heavy atom. The smallest absolute Gasteiger partial charge is 0.457 e. The van der Waals surface area contributed by atoms with Gasteiger partial charge < -0.3 is 34.5 Å². The highest BCUT2D eigenvalue weighted by molar-refractivity contribution is 6.45. The highest BCUT2D eigenvalue weighted by Gasteiger charge is 2.51. The maximum absolute atomic E-state index is 13.6. The fourth-order valence-corrected chi connectivity index (χ4v) is 5.44. The van der Waals surface area contributed by atoms with Gasteiger partial charge in [-0.15, -0.1) is 0 Å². The monoisotopic (exact) mass is 588 g/mol. The molecule has 42 heavy (non-hydrogen) atoms. The van der Waals surface area contributed by atoms with Crippen LogP contribution in [-0.4, -0.2) is 65.7 Å². The molecule has 1 aliphatic heterocycles. The van der Waals surface area contributed by atoms with Gasteiger partial charge in [-0.05, 0) is 86.0 Å². The van der Waals surface area contributed by atoms with Crippen molar-refractivity contribution in [3.05, 3.63) is 35.9 Å². The number of alkyl carbamates (subject to hydrolysis) is 1. The largest absolute Gasteiger partial charge is 0.460 e. The number of hydrogen-bond acceptors (Lipinski definition) is 8. The van der Waals surface area contributed by atoms with Crippen molar-refractivity contribution < 1.29 is 38.3 Å². The molecule has 3 N–H and O–H groups in total. The lowest BCUT2D eigenvalue weighted by atomic mass is 9.77. The van der Waals surface area contributed by atoms with E-state index in [4.69, 9.17) is 18.8 Å². The molecule has 0 bridgehead atoms. The Kier molecular flexibility index (Phi) is 11.1. The molecule has 1 saturated heterocycles. The third-order valence-electron chi connectivity index (χ3n) is 8.44. The second-order valence-corrected chi connectivity index (χ2v) is 13.6. The molecular formula is C31H49BN2O8. The van der Waals surface area contributed by atoms with E-state index in [1.807, 2.05) is 58.0 Å². The summed E-state index contributed by atoms with van der Waals surface area (Å²) in [7, 11) is -0.292. The van der Waals surface area contributed by atoms with Gasteiger partial charge in [0.1, 0.15) is 18.2 Å². The second-order valence-electron chi connectivity index (χ2n) is 13.6. The predicted octanol–water partition coefficient (Wildman–Crippen LogP) is 4.53. The van der Waals surface area contributed by atoms with Crippen LogP contribution in [0.4, 0.5) is 4.79 Å². The average Bonchev–Trinajstić information content (AvgIpc) is 3.39. The topological polar surface area (TPSA) is 132 Å². The average molecular weight is 589 g/mol. The van der Waals surface area contributed by atoms with Crippen LogP contribution in [0.25, 0.3) is 0 Å². The molecule has 2 amide bonds. The Hall–Kier alpha value is -2.63. The van der Waals surface area contributed by atoms with Crippen molar-refractivity contribution in [2.45, 2.75) is 129 Å². The first-order valence-electron chi connectivity index (χ1n) is 15.0. The first-order chi connectivity index (χ1) is 19.6. The van der Waals surface area contributed by atoms with Gasteiger partial charge in [0.2, 0.25) is 5.91 Å². The van der Waals surface area contributed by atoms with E-state index in [-0.39, 0.29) is 36.9 Å². The molecule has 234 valence electrons. The molecule has 1 saturated carbocycles. The molecule has 3 atom stereocenters. The van der Waals surface area contributed by atoms with E-state index in [9.17, 15) is 19.5 Å². The lowest BCUT2D eigenvalue weighted by molar-refractivity contribution is -0.158.